The number of hydrogen-bond acceptors (Lipinski definition) is 6. The lowest BCUT2D eigenvalue weighted by Gasteiger charge is -2.05. The van der Waals surface area contributed by atoms with E-state index in [4.69, 9.17) is 0 Å². The number of carbonyl (C=O) groups excluding carboxylic acids is 1. The summed E-state index contributed by atoms with van der Waals surface area (Å²) >= 11 is 1.20. The average molecular weight is 376 g/mol. The molecule has 1 heterocycles. The molecule has 27 heavy (non-hydrogen) atoms. The van der Waals surface area contributed by atoms with Gasteiger partial charge in [-0.25, -0.2) is 0 Å². The number of amides is 1. The van der Waals surface area contributed by atoms with Crippen molar-refractivity contribution < 1.29 is 9.72 Å². The van der Waals surface area contributed by atoms with Gasteiger partial charge in [0.15, 0.2) is 0 Å². The standard InChI is InChI=1S/C19H12N4O3S/c24-17(16-7-3-5-12-4-1-2-6-15(12)16)20-19-22-21-18(27-19)13-8-10-14(11-9-13)23(25)26/h1-11H,(H,20,22,24). The van der Waals surface area contributed by atoms with E-state index < -0.39 is 4.92 Å². The summed E-state index contributed by atoms with van der Waals surface area (Å²) in [6.45, 7) is 0. The number of nitrogens with zero attached hydrogens (tertiary/aromatic N) is 3. The quantitative estimate of drug-likeness (QED) is 0.417. The molecule has 0 unspecified atom stereocenters. The van der Waals surface area contributed by atoms with Gasteiger partial charge >= 0.3 is 0 Å². The van der Waals surface area contributed by atoms with Crippen LogP contribution in [0.2, 0.25) is 0 Å². The van der Waals surface area contributed by atoms with Gasteiger partial charge in [0.05, 0.1) is 4.92 Å². The van der Waals surface area contributed by atoms with Crippen molar-refractivity contribution in [2.45, 2.75) is 0 Å². The molecule has 0 aliphatic rings. The van der Waals surface area contributed by atoms with E-state index in [1.54, 1.807) is 18.2 Å². The summed E-state index contributed by atoms with van der Waals surface area (Å²) in [6, 6.07) is 19.2. The van der Waals surface area contributed by atoms with Crippen molar-refractivity contribution in [3.63, 3.8) is 0 Å². The summed E-state index contributed by atoms with van der Waals surface area (Å²) in [5.41, 5.74) is 1.26. The monoisotopic (exact) mass is 376 g/mol. The van der Waals surface area contributed by atoms with Gasteiger partial charge in [-0.15, -0.1) is 10.2 Å². The molecule has 132 valence electrons. The molecule has 0 saturated carbocycles. The number of benzene rings is 3. The number of nitro benzene ring substituents is 1. The Balaban J connectivity index is 1.57. The fraction of sp³-hybridized carbons (Fsp3) is 0. The molecule has 0 saturated heterocycles. The Hall–Kier alpha value is -3.65. The number of fused-ring (bicyclic) bond motifs is 1. The van der Waals surface area contributed by atoms with Crippen LogP contribution in [-0.2, 0) is 0 Å². The van der Waals surface area contributed by atoms with E-state index >= 15 is 0 Å². The highest BCUT2D eigenvalue weighted by molar-refractivity contribution is 7.18. The Labute approximate surface area is 157 Å². The van der Waals surface area contributed by atoms with Crippen LogP contribution in [0.4, 0.5) is 10.8 Å². The highest BCUT2D eigenvalue weighted by Crippen LogP contribution is 2.28. The second-order valence-corrected chi connectivity index (χ2v) is 6.67. The Morgan fingerprint density at radius 1 is 0.963 bits per heavy atom. The van der Waals surface area contributed by atoms with E-state index in [9.17, 15) is 14.9 Å². The Morgan fingerprint density at radius 3 is 2.48 bits per heavy atom. The van der Waals surface area contributed by atoms with Gasteiger partial charge in [-0.1, -0.05) is 47.7 Å². The summed E-state index contributed by atoms with van der Waals surface area (Å²) in [5, 5.41) is 24.3. The molecule has 0 spiro atoms. The number of non-ortho nitro benzene ring substituents is 1. The molecule has 0 aliphatic heterocycles. The first-order valence-corrected chi connectivity index (χ1v) is 8.81. The molecule has 4 rings (SSSR count). The van der Waals surface area contributed by atoms with Gasteiger partial charge in [0.1, 0.15) is 5.01 Å². The van der Waals surface area contributed by atoms with Crippen molar-refractivity contribution in [2.75, 3.05) is 5.32 Å². The van der Waals surface area contributed by atoms with Crippen molar-refractivity contribution in [2.24, 2.45) is 0 Å². The topological polar surface area (TPSA) is 98.0 Å². The molecule has 0 bridgehead atoms. The van der Waals surface area contributed by atoms with Gasteiger partial charge < -0.3 is 0 Å². The molecule has 4 aromatic rings. The fourth-order valence-electron chi connectivity index (χ4n) is 2.70. The number of aromatic nitrogens is 2. The summed E-state index contributed by atoms with van der Waals surface area (Å²) in [7, 11) is 0. The van der Waals surface area contributed by atoms with Gasteiger partial charge in [-0.3, -0.25) is 20.2 Å². The molecular weight excluding hydrogens is 364 g/mol. The maximum Gasteiger partial charge on any atom is 0.269 e. The summed E-state index contributed by atoms with van der Waals surface area (Å²) < 4.78 is 0. The van der Waals surface area contributed by atoms with Crippen LogP contribution in [0.15, 0.2) is 66.7 Å². The molecule has 0 fully saturated rings. The smallest absolute Gasteiger partial charge is 0.269 e. The SMILES string of the molecule is O=C(Nc1nnc(-c2ccc([N+](=O)[O-])cc2)s1)c1cccc2ccccc12. The van der Waals surface area contributed by atoms with Gasteiger partial charge in [-0.05, 0) is 29.0 Å². The summed E-state index contributed by atoms with van der Waals surface area (Å²) in [6.07, 6.45) is 0. The van der Waals surface area contributed by atoms with Crippen LogP contribution >= 0.6 is 11.3 Å². The fourth-order valence-corrected chi connectivity index (χ4v) is 3.45. The lowest BCUT2D eigenvalue weighted by atomic mass is 10.0. The predicted molar refractivity (Wildman–Crippen MR) is 104 cm³/mol. The molecule has 8 heteroatoms. The van der Waals surface area contributed by atoms with Crippen LogP contribution in [0.5, 0.6) is 0 Å². The molecule has 1 N–H and O–H groups in total. The third-order valence-electron chi connectivity index (χ3n) is 4.00. The van der Waals surface area contributed by atoms with Crippen LogP contribution in [0, 0.1) is 10.1 Å². The van der Waals surface area contributed by atoms with Crippen molar-refractivity contribution in [1.82, 2.24) is 10.2 Å². The number of nitrogens with one attached hydrogen (secondary N) is 1. The third kappa shape index (κ3) is 3.38. The van der Waals surface area contributed by atoms with Crippen molar-refractivity contribution in [3.8, 4) is 10.6 Å². The lowest BCUT2D eigenvalue weighted by Crippen LogP contribution is -2.12. The van der Waals surface area contributed by atoms with Gasteiger partial charge in [0, 0.05) is 23.3 Å². The van der Waals surface area contributed by atoms with E-state index in [2.05, 4.69) is 15.5 Å². The average Bonchev–Trinajstić information content (AvgIpc) is 3.16. The second-order valence-electron chi connectivity index (χ2n) is 5.70. The Morgan fingerprint density at radius 2 is 1.70 bits per heavy atom. The summed E-state index contributed by atoms with van der Waals surface area (Å²) in [4.78, 5) is 22.9. The molecular formula is C19H12N4O3S. The van der Waals surface area contributed by atoms with Crippen LogP contribution < -0.4 is 5.32 Å². The zero-order valence-electron chi connectivity index (χ0n) is 13.8. The Kier molecular flexibility index (Phi) is 4.31. The van der Waals surface area contributed by atoms with Crippen molar-refractivity contribution >= 4 is 38.8 Å². The summed E-state index contributed by atoms with van der Waals surface area (Å²) in [5.74, 6) is -0.266. The largest absolute Gasteiger partial charge is 0.296 e. The van der Waals surface area contributed by atoms with E-state index in [-0.39, 0.29) is 11.6 Å². The van der Waals surface area contributed by atoms with Gasteiger partial charge in [0.25, 0.3) is 11.6 Å². The molecule has 0 atom stereocenters. The third-order valence-corrected chi connectivity index (χ3v) is 4.89. The normalized spacial score (nSPS) is 10.7. The number of nitro groups is 1. The first-order chi connectivity index (χ1) is 13.1. The number of anilines is 1. The maximum absolute atomic E-state index is 12.6. The number of carbonyl (C=O) groups is 1. The van der Waals surface area contributed by atoms with E-state index in [0.717, 1.165) is 10.8 Å². The number of hydrogen-bond donors (Lipinski definition) is 1. The van der Waals surface area contributed by atoms with Gasteiger partial charge in [0.2, 0.25) is 5.13 Å². The molecule has 1 aromatic heterocycles. The van der Waals surface area contributed by atoms with E-state index in [1.165, 1.54) is 23.5 Å². The van der Waals surface area contributed by atoms with Crippen LogP contribution in [0.1, 0.15) is 10.4 Å². The minimum atomic E-state index is -0.459. The molecule has 1 amide bonds. The maximum atomic E-state index is 12.6. The minimum absolute atomic E-state index is 0.00717. The lowest BCUT2D eigenvalue weighted by molar-refractivity contribution is -0.384. The first-order valence-electron chi connectivity index (χ1n) is 7.99. The minimum Gasteiger partial charge on any atom is -0.296 e. The molecule has 7 nitrogen and oxygen atoms in total. The van der Waals surface area contributed by atoms with Crippen LogP contribution in [-0.4, -0.2) is 21.0 Å². The second kappa shape index (κ2) is 6.93. The van der Waals surface area contributed by atoms with Crippen molar-refractivity contribution in [1.29, 1.82) is 0 Å². The van der Waals surface area contributed by atoms with E-state index in [1.807, 2.05) is 36.4 Å². The number of rotatable bonds is 4. The molecule has 3 aromatic carbocycles. The Bertz CT molecular complexity index is 1150. The first kappa shape index (κ1) is 16.8. The van der Waals surface area contributed by atoms with Crippen molar-refractivity contribution in [3.05, 3.63) is 82.4 Å². The van der Waals surface area contributed by atoms with E-state index in [0.29, 0.717) is 21.3 Å². The molecule has 0 aliphatic carbocycles. The highest BCUT2D eigenvalue weighted by atomic mass is 32.1. The van der Waals surface area contributed by atoms with Gasteiger partial charge in [-0.2, -0.15) is 0 Å². The molecule has 0 radical (unpaired) electrons. The highest BCUT2D eigenvalue weighted by Gasteiger charge is 2.14. The van der Waals surface area contributed by atoms with Crippen LogP contribution in [0.25, 0.3) is 21.3 Å². The zero-order valence-corrected chi connectivity index (χ0v) is 14.6. The predicted octanol–water partition coefficient (Wildman–Crippen LogP) is 4.52. The zero-order chi connectivity index (χ0) is 18.8. The van der Waals surface area contributed by atoms with Crippen LogP contribution in [0.3, 0.4) is 0 Å².